The van der Waals surface area contributed by atoms with Gasteiger partial charge in [0.25, 0.3) is 0 Å². The van der Waals surface area contributed by atoms with E-state index in [4.69, 9.17) is 0 Å². The molecule has 0 N–H and O–H groups in total. The van der Waals surface area contributed by atoms with E-state index in [1.165, 1.54) is 6.42 Å². The Morgan fingerprint density at radius 3 is 1.73 bits per heavy atom. The van der Waals surface area contributed by atoms with Gasteiger partial charge in [-0.05, 0) is 22.7 Å². The first-order chi connectivity index (χ1) is 4.89. The van der Waals surface area contributed by atoms with Crippen molar-refractivity contribution in [2.45, 2.75) is 48.0 Å². The molecule has 0 bridgehead atoms. The normalized spacial score (nSPS) is 43.6. The molecule has 11 heavy (non-hydrogen) atoms. The van der Waals surface area contributed by atoms with E-state index in [9.17, 15) is 0 Å². The van der Waals surface area contributed by atoms with Gasteiger partial charge in [0, 0.05) is 0 Å². The Hall–Kier alpha value is 0. The maximum atomic E-state index is 2.45. The Morgan fingerprint density at radius 1 is 1.27 bits per heavy atom. The van der Waals surface area contributed by atoms with E-state index in [1.807, 2.05) is 0 Å². The molecule has 0 saturated heterocycles. The summed E-state index contributed by atoms with van der Waals surface area (Å²) < 4.78 is 0. The fourth-order valence-corrected chi connectivity index (χ4v) is 2.80. The quantitative estimate of drug-likeness (QED) is 0.568. The van der Waals surface area contributed by atoms with Crippen molar-refractivity contribution in [3.05, 3.63) is 0 Å². The molecule has 0 aromatic carbocycles. The van der Waals surface area contributed by atoms with Gasteiger partial charge in [-0.15, -0.1) is 0 Å². The fraction of sp³-hybridized carbons (Fsp3) is 1.00. The summed E-state index contributed by atoms with van der Waals surface area (Å²) in [5.74, 6) is 1.79. The van der Waals surface area contributed by atoms with E-state index in [2.05, 4.69) is 41.5 Å². The van der Waals surface area contributed by atoms with E-state index in [-0.39, 0.29) is 0 Å². The third-order valence-electron chi connectivity index (χ3n) is 4.92. The average Bonchev–Trinajstić information content (AvgIpc) is 2.34. The lowest BCUT2D eigenvalue weighted by molar-refractivity contribution is 0.275. The highest BCUT2D eigenvalue weighted by atomic mass is 14.7. The van der Waals surface area contributed by atoms with Gasteiger partial charge in [0.1, 0.15) is 0 Å². The predicted octanol–water partition coefficient (Wildman–Crippen LogP) is 3.71. The molecule has 0 nitrogen and oxygen atoms in total. The maximum absolute atomic E-state index is 2.45. The van der Waals surface area contributed by atoms with E-state index in [0.29, 0.717) is 10.8 Å². The monoisotopic (exact) mass is 154 g/mol. The third kappa shape index (κ3) is 0.878. The second-order valence-electron chi connectivity index (χ2n) is 5.04. The second-order valence-corrected chi connectivity index (χ2v) is 5.04. The van der Waals surface area contributed by atoms with Crippen molar-refractivity contribution in [2.24, 2.45) is 22.7 Å². The Balaban J connectivity index is 2.73. The van der Waals surface area contributed by atoms with E-state index < -0.39 is 0 Å². The molecule has 3 atom stereocenters. The lowest BCUT2D eigenvalue weighted by Gasteiger charge is -2.21. The zero-order valence-corrected chi connectivity index (χ0v) is 8.86. The maximum Gasteiger partial charge on any atom is -0.0215 e. The summed E-state index contributed by atoms with van der Waals surface area (Å²) in [6.45, 7) is 14.4. The summed E-state index contributed by atoms with van der Waals surface area (Å²) in [6, 6.07) is 0. The zero-order valence-electron chi connectivity index (χ0n) is 8.86. The van der Waals surface area contributed by atoms with Crippen LogP contribution in [0.4, 0.5) is 0 Å². The summed E-state index contributed by atoms with van der Waals surface area (Å²) in [7, 11) is 0. The first-order valence-electron chi connectivity index (χ1n) is 4.89. The van der Waals surface area contributed by atoms with Crippen molar-refractivity contribution in [3.63, 3.8) is 0 Å². The van der Waals surface area contributed by atoms with Crippen molar-refractivity contribution in [2.75, 3.05) is 0 Å². The van der Waals surface area contributed by atoms with Gasteiger partial charge >= 0.3 is 0 Å². The van der Waals surface area contributed by atoms with Crippen LogP contribution in [0.15, 0.2) is 0 Å². The first-order valence-corrected chi connectivity index (χ1v) is 4.89. The van der Waals surface area contributed by atoms with Gasteiger partial charge in [-0.2, -0.15) is 0 Å². The molecule has 1 aliphatic carbocycles. The Labute approximate surface area is 71.4 Å². The smallest absolute Gasteiger partial charge is 0.0215 e. The molecule has 0 heterocycles. The topological polar surface area (TPSA) is 0 Å². The van der Waals surface area contributed by atoms with Crippen LogP contribution in [0.2, 0.25) is 0 Å². The van der Waals surface area contributed by atoms with Crippen LogP contribution in [-0.4, -0.2) is 0 Å². The molecule has 0 aliphatic heterocycles. The highest BCUT2D eigenvalue weighted by Gasteiger charge is 2.66. The predicted molar refractivity (Wildman–Crippen MR) is 50.5 cm³/mol. The van der Waals surface area contributed by atoms with Crippen LogP contribution in [-0.2, 0) is 0 Å². The summed E-state index contributed by atoms with van der Waals surface area (Å²) in [5, 5.41) is 0. The SMILES string of the molecule is CCC(C)C1(C)C(C)C1(C)C. The van der Waals surface area contributed by atoms with Gasteiger partial charge in [0.05, 0.1) is 0 Å². The molecule has 1 aliphatic rings. The van der Waals surface area contributed by atoms with Gasteiger partial charge in [0.15, 0.2) is 0 Å². The van der Waals surface area contributed by atoms with Gasteiger partial charge in [-0.3, -0.25) is 0 Å². The van der Waals surface area contributed by atoms with Gasteiger partial charge in [0.2, 0.25) is 0 Å². The minimum atomic E-state index is 0.586. The summed E-state index contributed by atoms with van der Waals surface area (Å²) in [5.41, 5.74) is 1.20. The van der Waals surface area contributed by atoms with Crippen LogP contribution >= 0.6 is 0 Å². The second kappa shape index (κ2) is 2.24. The van der Waals surface area contributed by atoms with Crippen molar-refractivity contribution in [3.8, 4) is 0 Å². The number of hydrogen-bond acceptors (Lipinski definition) is 0. The lowest BCUT2D eigenvalue weighted by Crippen LogP contribution is -2.14. The highest BCUT2D eigenvalue weighted by Crippen LogP contribution is 2.72. The van der Waals surface area contributed by atoms with Crippen molar-refractivity contribution < 1.29 is 0 Å². The highest BCUT2D eigenvalue weighted by molar-refractivity contribution is 5.14. The zero-order chi connectivity index (χ0) is 8.86. The summed E-state index contributed by atoms with van der Waals surface area (Å²) in [4.78, 5) is 0. The molecular formula is C11H22. The van der Waals surface area contributed by atoms with Crippen LogP contribution in [0.5, 0.6) is 0 Å². The fourth-order valence-electron chi connectivity index (χ4n) is 2.80. The van der Waals surface area contributed by atoms with E-state index in [1.54, 1.807) is 0 Å². The largest absolute Gasteiger partial charge is 0.0651 e. The molecule has 0 radical (unpaired) electrons. The molecule has 0 amide bonds. The average molecular weight is 154 g/mol. The van der Waals surface area contributed by atoms with Crippen molar-refractivity contribution in [1.29, 1.82) is 0 Å². The molecule has 1 saturated carbocycles. The molecule has 66 valence electrons. The van der Waals surface area contributed by atoms with Crippen LogP contribution in [0.3, 0.4) is 0 Å². The van der Waals surface area contributed by atoms with Crippen LogP contribution in [0, 0.1) is 22.7 Å². The number of hydrogen-bond donors (Lipinski definition) is 0. The van der Waals surface area contributed by atoms with Gasteiger partial charge < -0.3 is 0 Å². The Kier molecular flexibility index (Phi) is 1.85. The first kappa shape index (κ1) is 9.09. The lowest BCUT2D eigenvalue weighted by atomic mass is 9.83. The minimum absolute atomic E-state index is 0.586. The molecule has 0 aromatic rings. The van der Waals surface area contributed by atoms with Crippen molar-refractivity contribution in [1.82, 2.24) is 0 Å². The van der Waals surface area contributed by atoms with E-state index >= 15 is 0 Å². The third-order valence-corrected chi connectivity index (χ3v) is 4.92. The molecule has 3 unspecified atom stereocenters. The molecule has 0 aromatic heterocycles. The minimum Gasteiger partial charge on any atom is -0.0651 e. The molecule has 0 spiro atoms. The van der Waals surface area contributed by atoms with Crippen LogP contribution < -0.4 is 0 Å². The summed E-state index contributed by atoms with van der Waals surface area (Å²) >= 11 is 0. The van der Waals surface area contributed by atoms with Crippen molar-refractivity contribution >= 4 is 0 Å². The summed E-state index contributed by atoms with van der Waals surface area (Å²) in [6.07, 6.45) is 1.32. The molecule has 1 rings (SSSR count). The standard InChI is InChI=1S/C11H22/c1-7-8(2)11(6)9(3)10(11,4)5/h8-9H,7H2,1-6H3. The molecular weight excluding hydrogens is 132 g/mol. The van der Waals surface area contributed by atoms with Crippen LogP contribution in [0.1, 0.15) is 48.0 Å². The Bertz CT molecular complexity index is 157. The molecule has 1 fully saturated rings. The number of rotatable bonds is 2. The van der Waals surface area contributed by atoms with Gasteiger partial charge in [-0.25, -0.2) is 0 Å². The Morgan fingerprint density at radius 2 is 1.64 bits per heavy atom. The molecule has 0 heteroatoms. The van der Waals surface area contributed by atoms with Crippen LogP contribution in [0.25, 0.3) is 0 Å². The van der Waals surface area contributed by atoms with E-state index in [0.717, 1.165) is 11.8 Å². The van der Waals surface area contributed by atoms with Gasteiger partial charge in [-0.1, -0.05) is 48.0 Å².